The lowest BCUT2D eigenvalue weighted by Gasteiger charge is -2.07. The van der Waals surface area contributed by atoms with Crippen LogP contribution in [0, 0.1) is 18.3 Å². The summed E-state index contributed by atoms with van der Waals surface area (Å²) < 4.78 is 0. The van der Waals surface area contributed by atoms with Crippen LogP contribution in [-0.4, -0.2) is 11.5 Å². The summed E-state index contributed by atoms with van der Waals surface area (Å²) in [6.07, 6.45) is 3.20. The molecule has 1 aliphatic rings. The fourth-order valence-corrected chi connectivity index (χ4v) is 1.79. The zero-order valence-corrected chi connectivity index (χ0v) is 9.17. The molecule has 1 heterocycles. The van der Waals surface area contributed by atoms with Crippen molar-refractivity contribution in [3.8, 4) is 0 Å². The van der Waals surface area contributed by atoms with Crippen LogP contribution in [0.5, 0.6) is 0 Å². The van der Waals surface area contributed by atoms with Crippen LogP contribution in [-0.2, 0) is 0 Å². The van der Waals surface area contributed by atoms with E-state index in [-0.39, 0.29) is 0 Å². The maximum absolute atomic E-state index is 4.28. The van der Waals surface area contributed by atoms with Crippen molar-refractivity contribution >= 4 is 5.82 Å². The monoisotopic (exact) mass is 190 g/mol. The zero-order valence-electron chi connectivity index (χ0n) is 9.17. The average Bonchev–Trinajstić information content (AvgIpc) is 2.71. The van der Waals surface area contributed by atoms with Gasteiger partial charge in [0.15, 0.2) is 0 Å². The molecule has 1 N–H and O–H groups in total. The second-order valence-corrected chi connectivity index (χ2v) is 4.99. The fraction of sp³-hybridized carbons (Fsp3) is 0.583. The quantitative estimate of drug-likeness (QED) is 0.792. The summed E-state index contributed by atoms with van der Waals surface area (Å²) >= 11 is 0. The molecule has 0 spiro atoms. The van der Waals surface area contributed by atoms with Crippen LogP contribution in [0.2, 0.25) is 0 Å². The Morgan fingerprint density at radius 3 is 2.86 bits per heavy atom. The topological polar surface area (TPSA) is 24.9 Å². The summed E-state index contributed by atoms with van der Waals surface area (Å²) in [6.45, 7) is 7.80. The first-order valence-electron chi connectivity index (χ1n) is 5.24. The maximum atomic E-state index is 4.28. The first-order valence-corrected chi connectivity index (χ1v) is 5.24. The van der Waals surface area contributed by atoms with Gasteiger partial charge in [0, 0.05) is 12.7 Å². The van der Waals surface area contributed by atoms with E-state index in [9.17, 15) is 0 Å². The molecule has 1 aromatic heterocycles. The number of pyridine rings is 1. The minimum absolute atomic E-state index is 0.552. The summed E-state index contributed by atoms with van der Waals surface area (Å²) in [6, 6.07) is 4.11. The minimum Gasteiger partial charge on any atom is -0.370 e. The van der Waals surface area contributed by atoms with Crippen molar-refractivity contribution in [1.29, 1.82) is 0 Å². The van der Waals surface area contributed by atoms with Crippen LogP contribution < -0.4 is 5.32 Å². The van der Waals surface area contributed by atoms with Gasteiger partial charge in [-0.2, -0.15) is 0 Å². The summed E-state index contributed by atoms with van der Waals surface area (Å²) in [5.74, 6) is 1.83. The summed E-state index contributed by atoms with van der Waals surface area (Å²) in [4.78, 5) is 4.28. The molecule has 1 atom stereocenters. The third kappa shape index (κ3) is 2.06. The van der Waals surface area contributed by atoms with Crippen molar-refractivity contribution in [2.45, 2.75) is 27.2 Å². The lowest BCUT2D eigenvalue weighted by atomic mass is 10.1. The Hall–Kier alpha value is -1.05. The SMILES string of the molecule is Cc1ccnc(NCC2CC2(C)C)c1. The number of anilines is 1. The van der Waals surface area contributed by atoms with E-state index in [0.29, 0.717) is 5.41 Å². The van der Waals surface area contributed by atoms with Gasteiger partial charge in [-0.15, -0.1) is 0 Å². The molecule has 76 valence electrons. The second-order valence-electron chi connectivity index (χ2n) is 4.99. The minimum atomic E-state index is 0.552. The number of aromatic nitrogens is 1. The van der Waals surface area contributed by atoms with Gasteiger partial charge in [-0.1, -0.05) is 13.8 Å². The van der Waals surface area contributed by atoms with E-state index < -0.39 is 0 Å². The van der Waals surface area contributed by atoms with Crippen molar-refractivity contribution < 1.29 is 0 Å². The lowest BCUT2D eigenvalue weighted by molar-refractivity contribution is 0.573. The highest BCUT2D eigenvalue weighted by atomic mass is 15.0. The maximum Gasteiger partial charge on any atom is 0.126 e. The van der Waals surface area contributed by atoms with Gasteiger partial charge in [0.25, 0.3) is 0 Å². The molecule has 1 unspecified atom stereocenters. The highest BCUT2D eigenvalue weighted by Crippen LogP contribution is 2.51. The number of hydrogen-bond donors (Lipinski definition) is 1. The van der Waals surface area contributed by atoms with Crippen LogP contribution in [0.25, 0.3) is 0 Å². The largest absolute Gasteiger partial charge is 0.370 e. The van der Waals surface area contributed by atoms with Crippen LogP contribution >= 0.6 is 0 Å². The zero-order chi connectivity index (χ0) is 10.2. The molecule has 2 rings (SSSR count). The van der Waals surface area contributed by atoms with Crippen molar-refractivity contribution in [2.24, 2.45) is 11.3 Å². The van der Waals surface area contributed by atoms with Gasteiger partial charge in [-0.25, -0.2) is 4.98 Å². The molecule has 0 aromatic carbocycles. The molecule has 0 bridgehead atoms. The number of hydrogen-bond acceptors (Lipinski definition) is 2. The molecule has 1 aliphatic carbocycles. The summed E-state index contributed by atoms with van der Waals surface area (Å²) in [7, 11) is 0. The Labute approximate surface area is 85.7 Å². The Morgan fingerprint density at radius 1 is 1.57 bits per heavy atom. The number of rotatable bonds is 3. The fourth-order valence-electron chi connectivity index (χ4n) is 1.79. The molecule has 1 fully saturated rings. The van der Waals surface area contributed by atoms with Crippen LogP contribution in [0.4, 0.5) is 5.82 Å². The molecule has 0 aliphatic heterocycles. The van der Waals surface area contributed by atoms with Gasteiger partial charge >= 0.3 is 0 Å². The molecule has 14 heavy (non-hydrogen) atoms. The molecule has 2 heteroatoms. The molecular formula is C12H18N2. The van der Waals surface area contributed by atoms with E-state index in [1.165, 1.54) is 12.0 Å². The smallest absolute Gasteiger partial charge is 0.126 e. The van der Waals surface area contributed by atoms with Crippen LogP contribution in [0.3, 0.4) is 0 Å². The first kappa shape index (κ1) is 9.50. The lowest BCUT2D eigenvalue weighted by Crippen LogP contribution is -2.08. The number of nitrogens with zero attached hydrogens (tertiary/aromatic N) is 1. The van der Waals surface area contributed by atoms with Gasteiger partial charge in [0.05, 0.1) is 0 Å². The first-order chi connectivity index (χ1) is 6.58. The summed E-state index contributed by atoms with van der Waals surface area (Å²) in [5.41, 5.74) is 1.81. The third-order valence-corrected chi connectivity index (χ3v) is 3.16. The molecular weight excluding hydrogens is 172 g/mol. The van der Waals surface area contributed by atoms with E-state index >= 15 is 0 Å². The van der Waals surface area contributed by atoms with Crippen LogP contribution in [0.15, 0.2) is 18.3 Å². The predicted molar refractivity (Wildman–Crippen MR) is 59.4 cm³/mol. The second kappa shape index (κ2) is 3.26. The van der Waals surface area contributed by atoms with E-state index in [4.69, 9.17) is 0 Å². The third-order valence-electron chi connectivity index (χ3n) is 3.16. The van der Waals surface area contributed by atoms with Crippen molar-refractivity contribution in [3.63, 3.8) is 0 Å². The normalized spacial score (nSPS) is 23.2. The average molecular weight is 190 g/mol. The number of aryl methyl sites for hydroxylation is 1. The Kier molecular flexibility index (Phi) is 2.22. The Balaban J connectivity index is 1.87. The van der Waals surface area contributed by atoms with Gasteiger partial charge < -0.3 is 5.32 Å². The Bertz CT molecular complexity index is 331. The molecule has 1 saturated carbocycles. The highest BCUT2D eigenvalue weighted by Gasteiger charge is 2.44. The van der Waals surface area contributed by atoms with Crippen molar-refractivity contribution in [1.82, 2.24) is 4.98 Å². The van der Waals surface area contributed by atoms with Gasteiger partial charge in [-0.3, -0.25) is 0 Å². The number of nitrogens with one attached hydrogen (secondary N) is 1. The molecule has 0 amide bonds. The van der Waals surface area contributed by atoms with E-state index in [1.807, 2.05) is 12.3 Å². The van der Waals surface area contributed by atoms with E-state index in [2.05, 4.69) is 37.1 Å². The molecule has 2 nitrogen and oxygen atoms in total. The predicted octanol–water partition coefficient (Wildman–Crippen LogP) is 2.85. The van der Waals surface area contributed by atoms with Gasteiger partial charge in [0.2, 0.25) is 0 Å². The molecule has 0 saturated heterocycles. The van der Waals surface area contributed by atoms with E-state index in [1.54, 1.807) is 0 Å². The summed E-state index contributed by atoms with van der Waals surface area (Å²) in [5, 5.41) is 3.39. The standard InChI is InChI=1S/C12H18N2/c1-9-4-5-13-11(6-9)14-8-10-7-12(10,2)3/h4-6,10H,7-8H2,1-3H3,(H,13,14). The van der Waals surface area contributed by atoms with Crippen molar-refractivity contribution in [3.05, 3.63) is 23.9 Å². The van der Waals surface area contributed by atoms with Gasteiger partial charge in [0.1, 0.15) is 5.82 Å². The highest BCUT2D eigenvalue weighted by molar-refractivity contribution is 5.37. The Morgan fingerprint density at radius 2 is 2.29 bits per heavy atom. The van der Waals surface area contributed by atoms with Crippen molar-refractivity contribution in [2.75, 3.05) is 11.9 Å². The van der Waals surface area contributed by atoms with Crippen LogP contribution in [0.1, 0.15) is 25.8 Å². The molecule has 1 aromatic rings. The van der Waals surface area contributed by atoms with Gasteiger partial charge in [-0.05, 0) is 42.4 Å². The molecule has 0 radical (unpaired) electrons. The van der Waals surface area contributed by atoms with E-state index in [0.717, 1.165) is 18.3 Å².